The van der Waals surface area contributed by atoms with E-state index in [9.17, 15) is 27.6 Å². The lowest BCUT2D eigenvalue weighted by molar-refractivity contribution is -0.146. The fraction of sp³-hybridized carbons (Fsp3) is 0.654. The van der Waals surface area contributed by atoms with Crippen LogP contribution < -0.4 is 26.4 Å². The first-order valence-corrected chi connectivity index (χ1v) is 12.6. The van der Waals surface area contributed by atoms with Crippen molar-refractivity contribution >= 4 is 17.9 Å². The minimum Gasteiger partial charge on any atom is -0.497 e. The van der Waals surface area contributed by atoms with Crippen LogP contribution in [0.15, 0.2) is 24.3 Å². The molecule has 1 aromatic carbocycles. The van der Waals surface area contributed by atoms with Crippen molar-refractivity contribution in [3.8, 4) is 5.75 Å². The second-order valence-corrected chi connectivity index (χ2v) is 10.4. The largest absolute Gasteiger partial charge is 0.497 e. The predicted molar refractivity (Wildman–Crippen MR) is 137 cm³/mol. The molecular weight excluding hydrogens is 505 g/mol. The smallest absolute Gasteiger partial charge is 0.407 e. The zero-order valence-electron chi connectivity index (χ0n) is 22.9. The maximum atomic E-state index is 13.1. The van der Waals surface area contributed by atoms with Gasteiger partial charge in [0.1, 0.15) is 17.4 Å². The maximum Gasteiger partial charge on any atom is 0.407 e. The van der Waals surface area contributed by atoms with E-state index in [2.05, 4.69) is 16.0 Å². The standard InChI is InChI=1S/C26H41F3N4O5/c1-16(2)20(15-26(27,28)29)32-23(35)21(17-10-12-18(37-6)13-11-17)33-22(34)19(30)9-7-8-14-31-24(36)38-25(3,4)5/h10-13,16,19-21H,7-9,14-15,30H2,1-6H3,(H,31,36)(H,32,35)(H,33,34)/t19-,20+,21?/m0/s1. The highest BCUT2D eigenvalue weighted by molar-refractivity contribution is 5.90. The molecule has 38 heavy (non-hydrogen) atoms. The van der Waals surface area contributed by atoms with Crippen molar-refractivity contribution < 1.29 is 37.0 Å². The van der Waals surface area contributed by atoms with Crippen LogP contribution in [-0.4, -0.2) is 55.4 Å². The molecule has 0 bridgehead atoms. The van der Waals surface area contributed by atoms with Gasteiger partial charge in [0.15, 0.2) is 0 Å². The van der Waals surface area contributed by atoms with E-state index in [1.807, 2.05) is 0 Å². The van der Waals surface area contributed by atoms with Gasteiger partial charge >= 0.3 is 12.3 Å². The van der Waals surface area contributed by atoms with Crippen LogP contribution in [0.25, 0.3) is 0 Å². The Kier molecular flexibility index (Phi) is 12.9. The third kappa shape index (κ3) is 13.0. The van der Waals surface area contributed by atoms with E-state index in [1.54, 1.807) is 58.9 Å². The third-order valence-corrected chi connectivity index (χ3v) is 5.53. The van der Waals surface area contributed by atoms with Gasteiger partial charge < -0.3 is 31.2 Å². The van der Waals surface area contributed by atoms with Crippen LogP contribution in [0.1, 0.15) is 71.9 Å². The van der Waals surface area contributed by atoms with Gasteiger partial charge in [0.2, 0.25) is 11.8 Å². The number of hydrogen-bond acceptors (Lipinski definition) is 6. The van der Waals surface area contributed by atoms with E-state index in [0.717, 1.165) is 0 Å². The van der Waals surface area contributed by atoms with Crippen molar-refractivity contribution in [3.05, 3.63) is 29.8 Å². The van der Waals surface area contributed by atoms with Crippen molar-refractivity contribution in [2.45, 2.75) is 90.2 Å². The van der Waals surface area contributed by atoms with Crippen LogP contribution in [0.5, 0.6) is 5.75 Å². The number of nitrogens with one attached hydrogen (secondary N) is 3. The molecular formula is C26H41F3N4O5. The van der Waals surface area contributed by atoms with Crippen LogP contribution in [0.2, 0.25) is 0 Å². The van der Waals surface area contributed by atoms with Crippen LogP contribution >= 0.6 is 0 Å². The summed E-state index contributed by atoms with van der Waals surface area (Å²) in [5.41, 5.74) is 5.77. The third-order valence-electron chi connectivity index (χ3n) is 5.53. The molecule has 0 aromatic heterocycles. The molecule has 0 aliphatic rings. The summed E-state index contributed by atoms with van der Waals surface area (Å²) in [5.74, 6) is -1.39. The van der Waals surface area contributed by atoms with Gasteiger partial charge in [0.25, 0.3) is 0 Å². The number of amides is 3. The molecule has 1 rings (SSSR count). The average Bonchev–Trinajstić information content (AvgIpc) is 2.79. The molecule has 9 nitrogen and oxygen atoms in total. The van der Waals surface area contributed by atoms with E-state index < -0.39 is 60.1 Å². The van der Waals surface area contributed by atoms with Gasteiger partial charge in [-0.2, -0.15) is 13.2 Å². The number of unbranched alkanes of at least 4 members (excludes halogenated alkanes) is 1. The summed E-state index contributed by atoms with van der Waals surface area (Å²) in [6.07, 6.45) is -4.90. The van der Waals surface area contributed by atoms with Crippen LogP contribution in [0.4, 0.5) is 18.0 Å². The summed E-state index contributed by atoms with van der Waals surface area (Å²) in [4.78, 5) is 37.6. The fourth-order valence-corrected chi connectivity index (χ4v) is 3.44. The Morgan fingerprint density at radius 2 is 1.58 bits per heavy atom. The van der Waals surface area contributed by atoms with Crippen LogP contribution in [-0.2, 0) is 14.3 Å². The highest BCUT2D eigenvalue weighted by atomic mass is 19.4. The molecule has 0 heterocycles. The Labute approximate surface area is 222 Å². The van der Waals surface area contributed by atoms with Gasteiger partial charge in [-0.25, -0.2) is 4.79 Å². The van der Waals surface area contributed by atoms with Crippen molar-refractivity contribution in [1.82, 2.24) is 16.0 Å². The SMILES string of the molecule is COc1ccc(C(NC(=O)[C@@H](N)CCCCNC(=O)OC(C)(C)C)C(=O)N[C@H](CC(F)(F)F)C(C)C)cc1. The number of ether oxygens (including phenoxy) is 2. The Morgan fingerprint density at radius 1 is 0.974 bits per heavy atom. The monoisotopic (exact) mass is 546 g/mol. The minimum absolute atomic E-state index is 0.265. The summed E-state index contributed by atoms with van der Waals surface area (Å²) in [7, 11) is 1.47. The van der Waals surface area contributed by atoms with Gasteiger partial charge in [-0.3, -0.25) is 9.59 Å². The molecule has 3 amide bonds. The number of rotatable bonds is 13. The first-order valence-electron chi connectivity index (χ1n) is 12.6. The minimum atomic E-state index is -4.47. The number of nitrogens with two attached hydrogens (primary N) is 1. The maximum absolute atomic E-state index is 13.1. The number of carbonyl (C=O) groups excluding carboxylic acids is 3. The number of benzene rings is 1. The van der Waals surface area contributed by atoms with E-state index in [-0.39, 0.29) is 6.42 Å². The normalized spacial score (nSPS) is 14.3. The lowest BCUT2D eigenvalue weighted by Crippen LogP contribution is -2.50. The zero-order valence-corrected chi connectivity index (χ0v) is 22.9. The molecule has 1 unspecified atom stereocenters. The molecule has 0 fully saturated rings. The lowest BCUT2D eigenvalue weighted by Gasteiger charge is -2.27. The summed E-state index contributed by atoms with van der Waals surface area (Å²) in [6.45, 7) is 8.74. The van der Waals surface area contributed by atoms with Crippen LogP contribution in [0, 0.1) is 5.92 Å². The molecule has 0 saturated carbocycles. The second-order valence-electron chi connectivity index (χ2n) is 10.4. The van der Waals surface area contributed by atoms with Crippen molar-refractivity contribution in [3.63, 3.8) is 0 Å². The van der Waals surface area contributed by atoms with Crippen LogP contribution in [0.3, 0.4) is 0 Å². The van der Waals surface area contributed by atoms with E-state index >= 15 is 0 Å². The van der Waals surface area contributed by atoms with Gasteiger partial charge in [0.05, 0.1) is 19.6 Å². The molecule has 12 heteroatoms. The van der Waals surface area contributed by atoms with E-state index in [4.69, 9.17) is 15.2 Å². The van der Waals surface area contributed by atoms with Crippen molar-refractivity contribution in [2.24, 2.45) is 11.7 Å². The van der Waals surface area contributed by atoms with E-state index in [0.29, 0.717) is 30.7 Å². The molecule has 3 atom stereocenters. The summed E-state index contributed by atoms with van der Waals surface area (Å²) in [5, 5.41) is 7.63. The second kappa shape index (κ2) is 14.8. The Morgan fingerprint density at radius 3 is 2.08 bits per heavy atom. The first-order chi connectivity index (χ1) is 17.5. The number of hydrogen-bond donors (Lipinski definition) is 4. The van der Waals surface area contributed by atoms with Gasteiger partial charge in [-0.1, -0.05) is 26.0 Å². The number of halogens is 3. The van der Waals surface area contributed by atoms with Gasteiger partial charge in [-0.05, 0) is 63.6 Å². The molecule has 216 valence electrons. The summed E-state index contributed by atoms with van der Waals surface area (Å²) in [6, 6.07) is 2.84. The Balaban J connectivity index is 2.82. The number of alkyl halides is 3. The fourth-order valence-electron chi connectivity index (χ4n) is 3.44. The van der Waals surface area contributed by atoms with Crippen molar-refractivity contribution in [1.29, 1.82) is 0 Å². The summed E-state index contributed by atoms with van der Waals surface area (Å²) < 4.78 is 49.4. The highest BCUT2D eigenvalue weighted by Crippen LogP contribution is 2.26. The van der Waals surface area contributed by atoms with E-state index in [1.165, 1.54) is 7.11 Å². The molecule has 5 N–H and O–H groups in total. The highest BCUT2D eigenvalue weighted by Gasteiger charge is 2.35. The van der Waals surface area contributed by atoms with Gasteiger partial charge in [-0.15, -0.1) is 0 Å². The average molecular weight is 547 g/mol. The molecule has 1 aromatic rings. The summed E-state index contributed by atoms with van der Waals surface area (Å²) >= 11 is 0. The quantitative estimate of drug-likeness (QED) is 0.277. The lowest BCUT2D eigenvalue weighted by atomic mass is 9.98. The molecule has 0 aliphatic carbocycles. The predicted octanol–water partition coefficient (Wildman–Crippen LogP) is 3.97. The molecule has 0 spiro atoms. The molecule has 0 saturated heterocycles. The Bertz CT molecular complexity index is 902. The molecule has 0 radical (unpaired) electrons. The first kappa shape index (κ1) is 33.0. The van der Waals surface area contributed by atoms with Crippen molar-refractivity contribution in [2.75, 3.05) is 13.7 Å². The van der Waals surface area contributed by atoms with Gasteiger partial charge in [0, 0.05) is 12.6 Å². The topological polar surface area (TPSA) is 132 Å². The zero-order chi connectivity index (χ0) is 29.1. The Hall–Kier alpha value is -3.02. The number of carbonyl (C=O) groups is 3. The molecule has 0 aliphatic heterocycles. The number of alkyl carbamates (subject to hydrolysis) is 1. The number of methoxy groups -OCH3 is 1.